The average molecular weight is 279 g/mol. The zero-order chi connectivity index (χ0) is 14.4. The number of benzene rings is 1. The molecule has 1 aromatic rings. The number of hydrogen-bond acceptors (Lipinski definition) is 3. The Morgan fingerprint density at radius 3 is 2.60 bits per heavy atom. The second kappa shape index (κ2) is 7.36. The van der Waals surface area contributed by atoms with Gasteiger partial charge in [-0.3, -0.25) is 9.69 Å². The van der Waals surface area contributed by atoms with Crippen LogP contribution in [0.15, 0.2) is 24.3 Å². The second-order valence-corrected chi connectivity index (χ2v) is 5.21. The molecule has 1 heterocycles. The van der Waals surface area contributed by atoms with Crippen LogP contribution in [0.4, 0.5) is 4.39 Å². The monoisotopic (exact) mass is 279 g/mol. The van der Waals surface area contributed by atoms with Gasteiger partial charge in [-0.05, 0) is 17.7 Å². The van der Waals surface area contributed by atoms with Crippen LogP contribution in [-0.2, 0) is 11.2 Å². The number of nitrogens with zero attached hydrogens (tertiary/aromatic N) is 2. The average Bonchev–Trinajstić information content (AvgIpc) is 2.48. The molecule has 1 amide bonds. The Morgan fingerprint density at radius 2 is 1.95 bits per heavy atom. The number of nitrogens with one attached hydrogen (secondary N) is 1. The highest BCUT2D eigenvalue weighted by Gasteiger charge is 2.13. The van der Waals surface area contributed by atoms with E-state index in [1.54, 1.807) is 17.0 Å². The van der Waals surface area contributed by atoms with Crippen molar-refractivity contribution in [3.63, 3.8) is 0 Å². The first-order valence-corrected chi connectivity index (χ1v) is 7.06. The number of carbonyl (C=O) groups is 1. The number of hydrogen-bond donors (Lipinski definition) is 1. The highest BCUT2D eigenvalue weighted by Crippen LogP contribution is 2.05. The molecule has 1 aliphatic heterocycles. The molecule has 0 unspecified atom stereocenters. The van der Waals surface area contributed by atoms with E-state index in [9.17, 15) is 9.18 Å². The Balaban J connectivity index is 1.75. The maximum atomic E-state index is 12.8. The number of carbonyl (C=O) groups excluding carboxylic acids is 1. The number of likely N-dealkylation sites (N-methyl/N-ethyl adjacent to an activating group) is 1. The number of halogens is 1. The zero-order valence-electron chi connectivity index (χ0n) is 11.9. The molecule has 0 atom stereocenters. The molecule has 1 N–H and O–H groups in total. The van der Waals surface area contributed by atoms with Gasteiger partial charge >= 0.3 is 0 Å². The van der Waals surface area contributed by atoms with Crippen LogP contribution in [0.2, 0.25) is 0 Å². The quantitative estimate of drug-likeness (QED) is 0.863. The maximum Gasteiger partial charge on any atom is 0.226 e. The Kier molecular flexibility index (Phi) is 5.49. The fourth-order valence-electron chi connectivity index (χ4n) is 2.26. The molecule has 0 saturated carbocycles. The number of rotatable bonds is 5. The summed E-state index contributed by atoms with van der Waals surface area (Å²) in [5.74, 6) is -0.194. The summed E-state index contributed by atoms with van der Waals surface area (Å²) >= 11 is 0. The zero-order valence-corrected chi connectivity index (χ0v) is 11.9. The van der Waals surface area contributed by atoms with Gasteiger partial charge in [-0.25, -0.2) is 4.39 Å². The predicted molar refractivity (Wildman–Crippen MR) is 77.1 cm³/mol. The molecule has 1 saturated heterocycles. The van der Waals surface area contributed by atoms with Crippen molar-refractivity contribution in [1.82, 2.24) is 15.1 Å². The summed E-state index contributed by atoms with van der Waals surface area (Å²) in [6.07, 6.45) is 0.332. The molecule has 20 heavy (non-hydrogen) atoms. The second-order valence-electron chi connectivity index (χ2n) is 5.21. The van der Waals surface area contributed by atoms with E-state index < -0.39 is 0 Å². The summed E-state index contributed by atoms with van der Waals surface area (Å²) in [4.78, 5) is 16.2. The summed E-state index contributed by atoms with van der Waals surface area (Å²) in [6, 6.07) is 6.11. The van der Waals surface area contributed by atoms with E-state index >= 15 is 0 Å². The fourth-order valence-corrected chi connectivity index (χ4v) is 2.26. The maximum absolute atomic E-state index is 12.8. The van der Waals surface area contributed by atoms with Crippen molar-refractivity contribution in [3.8, 4) is 0 Å². The van der Waals surface area contributed by atoms with Crippen LogP contribution in [0, 0.1) is 5.82 Å². The molecule has 1 aliphatic rings. The first-order valence-electron chi connectivity index (χ1n) is 7.06. The van der Waals surface area contributed by atoms with Crippen LogP contribution >= 0.6 is 0 Å². The normalized spacial score (nSPS) is 16.1. The van der Waals surface area contributed by atoms with Gasteiger partial charge in [-0.1, -0.05) is 12.1 Å². The van der Waals surface area contributed by atoms with E-state index in [1.807, 2.05) is 7.05 Å². The first-order chi connectivity index (χ1) is 9.65. The first kappa shape index (κ1) is 14.9. The molecular weight excluding hydrogens is 257 g/mol. The molecule has 5 heteroatoms. The van der Waals surface area contributed by atoms with Crippen LogP contribution in [0.3, 0.4) is 0 Å². The van der Waals surface area contributed by atoms with Gasteiger partial charge in [-0.2, -0.15) is 0 Å². The Hall–Kier alpha value is -1.46. The van der Waals surface area contributed by atoms with E-state index in [0.29, 0.717) is 6.42 Å². The third kappa shape index (κ3) is 4.58. The Bertz CT molecular complexity index is 429. The molecule has 0 aromatic heterocycles. The minimum absolute atomic E-state index is 0.0757. The standard InChI is InChI=1S/C15H22FN3O/c1-18(10-11-19-8-6-17-7-9-19)15(20)12-13-2-4-14(16)5-3-13/h2-5,17H,6-12H2,1H3. The largest absolute Gasteiger partial charge is 0.344 e. The van der Waals surface area contributed by atoms with Gasteiger partial charge < -0.3 is 10.2 Å². The van der Waals surface area contributed by atoms with Crippen molar-refractivity contribution >= 4 is 5.91 Å². The Morgan fingerprint density at radius 1 is 1.30 bits per heavy atom. The van der Waals surface area contributed by atoms with Crippen LogP contribution in [0.5, 0.6) is 0 Å². The van der Waals surface area contributed by atoms with Gasteiger partial charge in [0.25, 0.3) is 0 Å². The molecule has 0 radical (unpaired) electrons. The molecule has 4 nitrogen and oxygen atoms in total. The van der Waals surface area contributed by atoms with Gasteiger partial charge in [0.1, 0.15) is 5.82 Å². The lowest BCUT2D eigenvalue weighted by atomic mass is 10.1. The smallest absolute Gasteiger partial charge is 0.226 e. The fraction of sp³-hybridized carbons (Fsp3) is 0.533. The third-order valence-corrected chi connectivity index (χ3v) is 3.66. The summed E-state index contributed by atoms with van der Waals surface area (Å²) in [5.41, 5.74) is 0.852. The van der Waals surface area contributed by atoms with Crippen LogP contribution < -0.4 is 5.32 Å². The van der Waals surface area contributed by atoms with E-state index in [1.165, 1.54) is 12.1 Å². The molecule has 110 valence electrons. The SMILES string of the molecule is CN(CCN1CCNCC1)C(=O)Cc1ccc(F)cc1. The van der Waals surface area contributed by atoms with Crippen molar-refractivity contribution in [2.45, 2.75) is 6.42 Å². The third-order valence-electron chi connectivity index (χ3n) is 3.66. The topological polar surface area (TPSA) is 35.6 Å². The highest BCUT2D eigenvalue weighted by molar-refractivity contribution is 5.78. The summed E-state index contributed by atoms with van der Waals surface area (Å²) in [6.45, 7) is 5.77. The highest BCUT2D eigenvalue weighted by atomic mass is 19.1. The summed E-state index contributed by atoms with van der Waals surface area (Å²) < 4.78 is 12.8. The van der Waals surface area contributed by atoms with Gasteiger partial charge in [0.05, 0.1) is 6.42 Å². The van der Waals surface area contributed by atoms with Crippen molar-refractivity contribution in [1.29, 1.82) is 0 Å². The van der Waals surface area contributed by atoms with E-state index in [4.69, 9.17) is 0 Å². The van der Waals surface area contributed by atoms with Gasteiger partial charge in [0.2, 0.25) is 5.91 Å². The van der Waals surface area contributed by atoms with E-state index in [-0.39, 0.29) is 11.7 Å². The van der Waals surface area contributed by atoms with E-state index in [0.717, 1.165) is 44.8 Å². The Labute approximate surface area is 119 Å². The van der Waals surface area contributed by atoms with Crippen molar-refractivity contribution in [2.24, 2.45) is 0 Å². The van der Waals surface area contributed by atoms with E-state index in [2.05, 4.69) is 10.2 Å². The van der Waals surface area contributed by atoms with Gasteiger partial charge in [0.15, 0.2) is 0 Å². The van der Waals surface area contributed by atoms with Crippen molar-refractivity contribution < 1.29 is 9.18 Å². The lowest BCUT2D eigenvalue weighted by Gasteiger charge is -2.29. The molecular formula is C15H22FN3O. The van der Waals surface area contributed by atoms with Gasteiger partial charge in [0, 0.05) is 46.3 Å². The molecule has 0 spiro atoms. The molecule has 1 fully saturated rings. The van der Waals surface area contributed by atoms with Crippen molar-refractivity contribution in [3.05, 3.63) is 35.6 Å². The minimum Gasteiger partial charge on any atom is -0.344 e. The van der Waals surface area contributed by atoms with Crippen LogP contribution in [0.25, 0.3) is 0 Å². The lowest BCUT2D eigenvalue weighted by Crippen LogP contribution is -2.46. The summed E-state index contributed by atoms with van der Waals surface area (Å²) in [5, 5.41) is 3.31. The molecule has 2 rings (SSSR count). The number of amides is 1. The van der Waals surface area contributed by atoms with Gasteiger partial charge in [-0.15, -0.1) is 0 Å². The molecule has 0 aliphatic carbocycles. The lowest BCUT2D eigenvalue weighted by molar-refractivity contribution is -0.129. The number of piperazine rings is 1. The summed E-state index contributed by atoms with van der Waals surface area (Å²) in [7, 11) is 1.83. The van der Waals surface area contributed by atoms with Crippen LogP contribution in [-0.4, -0.2) is 62.0 Å². The minimum atomic E-state index is -0.270. The van der Waals surface area contributed by atoms with Crippen LogP contribution in [0.1, 0.15) is 5.56 Å². The molecule has 1 aromatic carbocycles. The predicted octanol–water partition coefficient (Wildman–Crippen LogP) is 0.732. The molecule has 0 bridgehead atoms. The van der Waals surface area contributed by atoms with Crippen molar-refractivity contribution in [2.75, 3.05) is 46.3 Å².